The van der Waals surface area contributed by atoms with E-state index in [4.69, 9.17) is 5.73 Å². The van der Waals surface area contributed by atoms with Crippen molar-refractivity contribution in [2.45, 2.75) is 32.0 Å². The van der Waals surface area contributed by atoms with Crippen LogP contribution in [0.1, 0.15) is 29.5 Å². The largest absolute Gasteiger partial charge is 0.351 e. The van der Waals surface area contributed by atoms with Gasteiger partial charge in [-0.3, -0.25) is 10.1 Å². The Bertz CT molecular complexity index is 1550. The molecule has 3 amide bonds. The molecule has 1 saturated heterocycles. The molecule has 2 aliphatic rings. The molecule has 1 saturated carbocycles. The summed E-state index contributed by atoms with van der Waals surface area (Å²) in [5, 5.41) is 15.9. The van der Waals surface area contributed by atoms with Gasteiger partial charge >= 0.3 is 6.03 Å². The van der Waals surface area contributed by atoms with Crippen molar-refractivity contribution in [1.82, 2.24) is 30.2 Å². The molecule has 37 heavy (non-hydrogen) atoms. The average Bonchev–Trinajstić information content (AvgIpc) is 3.55. The first kappa shape index (κ1) is 22.7. The number of hydrogen-bond acceptors (Lipinski definition) is 8. The minimum absolute atomic E-state index is 0.137. The van der Waals surface area contributed by atoms with E-state index in [9.17, 15) is 9.59 Å². The van der Waals surface area contributed by atoms with Gasteiger partial charge in [-0.2, -0.15) is 19.6 Å². The second-order valence-electron chi connectivity index (χ2n) is 9.01. The standard InChI is InChI=1S/C26H25N9O2/c27-12-15-4-3-6-16(10-15)20-7-2-1-5-17(20)13-28-24-32-22-18(11-21-23(36)33-26(37)31-21)14-29-35(22)25(34-24)30-19-8-9-19/h1-7,10-11,14,19H,8-9,12-13,27H2,(H2,28,30,32,34)(H2,31,33,36,37)/b21-11-. The summed E-state index contributed by atoms with van der Waals surface area (Å²) in [6.45, 7) is 0.971. The smallest absolute Gasteiger partial charge is 0.326 e. The fourth-order valence-electron chi connectivity index (χ4n) is 4.21. The Balaban J connectivity index is 1.33. The van der Waals surface area contributed by atoms with Crippen LogP contribution in [0.3, 0.4) is 0 Å². The molecule has 0 radical (unpaired) electrons. The fourth-order valence-corrected chi connectivity index (χ4v) is 4.21. The van der Waals surface area contributed by atoms with Crippen molar-refractivity contribution >= 4 is 35.6 Å². The highest BCUT2D eigenvalue weighted by Crippen LogP contribution is 2.27. The molecule has 2 aromatic carbocycles. The molecule has 11 heteroatoms. The zero-order chi connectivity index (χ0) is 25.4. The van der Waals surface area contributed by atoms with Crippen LogP contribution in [0.4, 0.5) is 16.7 Å². The van der Waals surface area contributed by atoms with Gasteiger partial charge in [0.1, 0.15) is 5.70 Å². The van der Waals surface area contributed by atoms with E-state index < -0.39 is 11.9 Å². The van der Waals surface area contributed by atoms with Gasteiger partial charge in [0.05, 0.1) is 6.20 Å². The van der Waals surface area contributed by atoms with Crippen molar-refractivity contribution in [3.8, 4) is 11.1 Å². The van der Waals surface area contributed by atoms with Crippen molar-refractivity contribution in [2.75, 3.05) is 10.6 Å². The number of amides is 3. The summed E-state index contributed by atoms with van der Waals surface area (Å²) in [5.74, 6) is 0.480. The number of fused-ring (bicyclic) bond motifs is 1. The molecule has 1 aliphatic heterocycles. The van der Waals surface area contributed by atoms with Crippen molar-refractivity contribution in [3.63, 3.8) is 0 Å². The fraction of sp³-hybridized carbons (Fsp3) is 0.192. The Labute approximate surface area is 212 Å². The molecule has 2 fully saturated rings. The van der Waals surface area contributed by atoms with Crippen LogP contribution in [0.5, 0.6) is 0 Å². The van der Waals surface area contributed by atoms with E-state index in [1.54, 1.807) is 16.8 Å². The maximum atomic E-state index is 12.0. The second kappa shape index (κ2) is 9.36. The van der Waals surface area contributed by atoms with Crippen LogP contribution < -0.4 is 27.0 Å². The maximum Gasteiger partial charge on any atom is 0.326 e. The van der Waals surface area contributed by atoms with E-state index in [2.05, 4.69) is 60.6 Å². The molecule has 11 nitrogen and oxygen atoms in total. The normalized spacial score (nSPS) is 16.2. The molecule has 4 aromatic rings. The monoisotopic (exact) mass is 495 g/mol. The molecule has 3 heterocycles. The average molecular weight is 496 g/mol. The zero-order valence-corrected chi connectivity index (χ0v) is 19.9. The number of urea groups is 1. The lowest BCUT2D eigenvalue weighted by molar-refractivity contribution is -0.115. The Hall–Kier alpha value is -4.77. The quantitative estimate of drug-likeness (QED) is 0.185. The third-order valence-electron chi connectivity index (χ3n) is 6.25. The second-order valence-corrected chi connectivity index (χ2v) is 9.01. The van der Waals surface area contributed by atoms with Gasteiger partial charge in [0.2, 0.25) is 11.9 Å². The molecular weight excluding hydrogens is 470 g/mol. The van der Waals surface area contributed by atoms with E-state index in [-0.39, 0.29) is 5.70 Å². The number of aromatic nitrogens is 4. The first-order chi connectivity index (χ1) is 18.1. The number of anilines is 2. The molecule has 6 N–H and O–H groups in total. The SMILES string of the molecule is NCc1cccc(-c2ccccc2CNc2nc(NC3CC3)n3ncc(/C=C4\NC(=O)NC4=O)c3n2)c1. The van der Waals surface area contributed by atoms with Crippen LogP contribution in [0.2, 0.25) is 0 Å². The number of nitrogens with two attached hydrogens (primary N) is 1. The summed E-state index contributed by atoms with van der Waals surface area (Å²) < 4.78 is 1.61. The number of imide groups is 1. The van der Waals surface area contributed by atoms with Gasteiger partial charge in [-0.25, -0.2) is 4.79 Å². The van der Waals surface area contributed by atoms with Crippen molar-refractivity contribution < 1.29 is 9.59 Å². The lowest BCUT2D eigenvalue weighted by Crippen LogP contribution is -2.22. The van der Waals surface area contributed by atoms with Gasteiger partial charge < -0.3 is 21.7 Å². The predicted molar refractivity (Wildman–Crippen MR) is 139 cm³/mol. The molecule has 1 aliphatic carbocycles. The molecular formula is C26H25N9O2. The summed E-state index contributed by atoms with van der Waals surface area (Å²) >= 11 is 0. The lowest BCUT2D eigenvalue weighted by Gasteiger charge is -2.13. The first-order valence-electron chi connectivity index (χ1n) is 12.0. The molecule has 0 bridgehead atoms. The number of carbonyl (C=O) groups excluding carboxylic acids is 2. The van der Waals surface area contributed by atoms with Crippen molar-refractivity contribution in [1.29, 1.82) is 0 Å². The number of rotatable bonds is 8. The Morgan fingerprint density at radius 1 is 1.08 bits per heavy atom. The molecule has 2 aromatic heterocycles. The molecule has 6 rings (SSSR count). The number of nitrogens with one attached hydrogen (secondary N) is 4. The van der Waals surface area contributed by atoms with Gasteiger partial charge in [-0.1, -0.05) is 42.5 Å². The molecule has 186 valence electrons. The number of hydrogen-bond donors (Lipinski definition) is 5. The lowest BCUT2D eigenvalue weighted by atomic mass is 9.98. The number of carbonyl (C=O) groups is 2. The van der Waals surface area contributed by atoms with Gasteiger partial charge in [-0.05, 0) is 47.2 Å². The third-order valence-corrected chi connectivity index (χ3v) is 6.25. The van der Waals surface area contributed by atoms with Crippen molar-refractivity contribution in [2.24, 2.45) is 5.73 Å². The van der Waals surface area contributed by atoms with E-state index in [1.165, 1.54) is 0 Å². The number of nitrogens with zero attached hydrogens (tertiary/aromatic N) is 4. The first-order valence-corrected chi connectivity index (χ1v) is 12.0. The van der Waals surface area contributed by atoms with Gasteiger partial charge in [-0.15, -0.1) is 0 Å². The highest BCUT2D eigenvalue weighted by atomic mass is 16.2. The van der Waals surface area contributed by atoms with Crippen LogP contribution in [-0.4, -0.2) is 37.6 Å². The van der Waals surface area contributed by atoms with E-state index in [0.29, 0.717) is 42.2 Å². The van der Waals surface area contributed by atoms with Gasteiger partial charge in [0.25, 0.3) is 5.91 Å². The van der Waals surface area contributed by atoms with Crippen molar-refractivity contribution in [3.05, 3.63) is 77.1 Å². The van der Waals surface area contributed by atoms with Crippen LogP contribution in [0.25, 0.3) is 22.9 Å². The third kappa shape index (κ3) is 4.71. The minimum atomic E-state index is -0.559. The van der Waals surface area contributed by atoms with E-state index in [0.717, 1.165) is 35.1 Å². The van der Waals surface area contributed by atoms with Crippen LogP contribution in [0, 0.1) is 0 Å². The van der Waals surface area contributed by atoms with Crippen LogP contribution in [-0.2, 0) is 17.9 Å². The summed E-state index contributed by atoms with van der Waals surface area (Å²) in [5.41, 5.74) is 11.4. The van der Waals surface area contributed by atoms with Gasteiger partial charge in [0, 0.05) is 24.7 Å². The van der Waals surface area contributed by atoms with E-state index >= 15 is 0 Å². The predicted octanol–water partition coefficient (Wildman–Crippen LogP) is 2.62. The van der Waals surface area contributed by atoms with Crippen LogP contribution >= 0.6 is 0 Å². The summed E-state index contributed by atoms with van der Waals surface area (Å²) in [6, 6.07) is 16.1. The van der Waals surface area contributed by atoms with Crippen LogP contribution in [0.15, 0.2) is 60.4 Å². The number of benzene rings is 2. The molecule has 0 atom stereocenters. The summed E-state index contributed by atoms with van der Waals surface area (Å²) in [6.07, 6.45) is 5.28. The molecule has 0 unspecified atom stereocenters. The summed E-state index contributed by atoms with van der Waals surface area (Å²) in [4.78, 5) is 32.9. The molecule has 0 spiro atoms. The maximum absolute atomic E-state index is 12.0. The zero-order valence-electron chi connectivity index (χ0n) is 19.9. The minimum Gasteiger partial charge on any atom is -0.351 e. The topological polar surface area (TPSA) is 151 Å². The van der Waals surface area contributed by atoms with E-state index in [1.807, 2.05) is 24.3 Å². The highest BCUT2D eigenvalue weighted by Gasteiger charge is 2.26. The van der Waals surface area contributed by atoms with Gasteiger partial charge in [0.15, 0.2) is 5.65 Å². The highest BCUT2D eigenvalue weighted by molar-refractivity contribution is 6.14. The Morgan fingerprint density at radius 3 is 2.73 bits per heavy atom. The Morgan fingerprint density at radius 2 is 1.95 bits per heavy atom. The summed E-state index contributed by atoms with van der Waals surface area (Å²) in [7, 11) is 0. The Kier molecular flexibility index (Phi) is 5.73.